The lowest BCUT2D eigenvalue weighted by atomic mass is 9.87. The van der Waals surface area contributed by atoms with Crippen LogP contribution in [0.4, 0.5) is 4.79 Å². The molecule has 314 valence electrons. The number of aryl methyl sites for hydroxylation is 1. The number of ether oxygens (including phenoxy) is 2. The van der Waals surface area contributed by atoms with Crippen LogP contribution < -0.4 is 4.72 Å². The second-order valence-corrected chi connectivity index (χ2v) is 19.9. The molecule has 0 radical (unpaired) electrons. The zero-order chi connectivity index (χ0) is 41.4. The molecule has 58 heavy (non-hydrogen) atoms. The van der Waals surface area contributed by atoms with Gasteiger partial charge in [0.2, 0.25) is 27.7 Å². The van der Waals surface area contributed by atoms with Gasteiger partial charge in [-0.05, 0) is 85.5 Å². The molecular formula is C43H56N4O10S. The number of hydrogen-bond acceptors (Lipinski definition) is 10. The lowest BCUT2D eigenvalue weighted by Crippen LogP contribution is -2.49. The molecule has 4 aliphatic heterocycles. The van der Waals surface area contributed by atoms with E-state index < -0.39 is 80.2 Å². The van der Waals surface area contributed by atoms with Crippen LogP contribution in [0.5, 0.6) is 0 Å². The number of allylic oxidation sites excluding steroid dienone is 2. The fourth-order valence-corrected chi connectivity index (χ4v) is 10.5. The molecule has 0 unspecified atom stereocenters. The Kier molecular flexibility index (Phi) is 11.9. The fourth-order valence-electron chi connectivity index (χ4n) is 9.09. The minimum Gasteiger partial charge on any atom is -0.465 e. The summed E-state index contributed by atoms with van der Waals surface area (Å²) in [5.41, 5.74) is 1.61. The standard InChI is InChI=1S/C43H56N4O10S/c1-4-37(49)45-18-9-5-6-14-31-21-43(31,40(52)44-58(54,55)33-15-16-33)22-36(48)35-20-32-25-47(35)39(51)30(24-45)19-38(50)56-27-42(2,3)17-8-7-11-28-12-10-13-29-23-46(26-34(28)29)41(53)57-32/h4,6,10,12-14,30-33,35H,1,5,7-9,11,15-27H2,2-3H3,(H,44,52)/b14-6-/t30-,31+,32+,35-,43+/m0/s1. The summed E-state index contributed by atoms with van der Waals surface area (Å²) < 4.78 is 40.0. The molecule has 14 nitrogen and oxygen atoms in total. The third kappa shape index (κ3) is 9.19. The molecule has 5 bridgehead atoms. The Labute approximate surface area is 340 Å². The number of Topliss-reactive ketones (excluding diaryl/α,β-unsaturated/α-hetero) is 1. The van der Waals surface area contributed by atoms with Crippen LogP contribution in [0.2, 0.25) is 0 Å². The average molecular weight is 821 g/mol. The first-order chi connectivity index (χ1) is 27.6. The first kappa shape index (κ1) is 41.6. The smallest absolute Gasteiger partial charge is 0.410 e. The lowest BCUT2D eigenvalue weighted by Gasteiger charge is -2.32. The number of hydrogen-bond donors (Lipinski definition) is 1. The number of nitrogens with zero attached hydrogens (tertiary/aromatic N) is 3. The van der Waals surface area contributed by atoms with Crippen LogP contribution in [0.25, 0.3) is 0 Å². The van der Waals surface area contributed by atoms with Gasteiger partial charge < -0.3 is 19.3 Å². The zero-order valence-corrected chi connectivity index (χ0v) is 34.4. The van der Waals surface area contributed by atoms with Gasteiger partial charge in [0.1, 0.15) is 6.10 Å². The predicted octanol–water partition coefficient (Wildman–Crippen LogP) is 4.35. The number of ketones is 1. The largest absolute Gasteiger partial charge is 0.465 e. The molecule has 7 rings (SSSR count). The van der Waals surface area contributed by atoms with Crippen molar-refractivity contribution in [1.82, 2.24) is 19.4 Å². The number of nitrogens with one attached hydrogen (secondary N) is 1. The second-order valence-electron chi connectivity index (χ2n) is 17.9. The van der Waals surface area contributed by atoms with Crippen LogP contribution in [0, 0.1) is 22.7 Å². The van der Waals surface area contributed by atoms with Crippen molar-refractivity contribution in [3.05, 3.63) is 59.7 Å². The van der Waals surface area contributed by atoms with Crippen molar-refractivity contribution in [2.45, 2.75) is 121 Å². The van der Waals surface area contributed by atoms with E-state index in [2.05, 4.69) is 17.4 Å². The molecule has 1 N–H and O–H groups in total. The van der Waals surface area contributed by atoms with E-state index in [0.29, 0.717) is 38.8 Å². The van der Waals surface area contributed by atoms with Crippen LogP contribution in [0.3, 0.4) is 0 Å². The summed E-state index contributed by atoms with van der Waals surface area (Å²) >= 11 is 0. The highest BCUT2D eigenvalue weighted by molar-refractivity contribution is 7.90. The molecule has 2 saturated carbocycles. The van der Waals surface area contributed by atoms with Crippen molar-refractivity contribution in [1.29, 1.82) is 0 Å². The zero-order valence-electron chi connectivity index (χ0n) is 33.6. The summed E-state index contributed by atoms with van der Waals surface area (Å²) in [5.74, 6) is -4.38. The SMILES string of the molecule is C=CC(=O)N1CCC/C=C\[C@@H]2C[C@@]2(C(=O)NS(=O)(=O)C2CC2)CC(=O)[C@@H]2C[C@@H]3CN2C(=O)[C@@H](CC(=O)OCC(C)(C)CCCCc2cccc4c2CN(C4)C(=O)O3)C1. The Balaban J connectivity index is 1.22. The number of sulfonamides is 1. The maximum atomic E-state index is 14.8. The maximum Gasteiger partial charge on any atom is 0.410 e. The van der Waals surface area contributed by atoms with Gasteiger partial charge in [0, 0.05) is 39.0 Å². The summed E-state index contributed by atoms with van der Waals surface area (Å²) in [6, 6.07) is 4.94. The Morgan fingerprint density at radius 1 is 1.02 bits per heavy atom. The van der Waals surface area contributed by atoms with Gasteiger partial charge >= 0.3 is 12.1 Å². The van der Waals surface area contributed by atoms with Crippen molar-refractivity contribution < 1.29 is 46.7 Å². The summed E-state index contributed by atoms with van der Waals surface area (Å²) in [4.78, 5) is 88.3. The van der Waals surface area contributed by atoms with E-state index in [0.717, 1.165) is 42.9 Å². The highest BCUT2D eigenvalue weighted by Crippen LogP contribution is 2.57. The summed E-state index contributed by atoms with van der Waals surface area (Å²) in [6.45, 7) is 8.52. The molecule has 1 aromatic carbocycles. The van der Waals surface area contributed by atoms with Gasteiger partial charge in [0.25, 0.3) is 0 Å². The molecular weight excluding hydrogens is 765 g/mol. The number of carbonyl (C=O) groups excluding carboxylic acids is 6. The molecule has 3 fully saturated rings. The van der Waals surface area contributed by atoms with Crippen LogP contribution in [-0.2, 0) is 63.0 Å². The van der Waals surface area contributed by atoms with Crippen LogP contribution in [0.15, 0.2) is 43.0 Å². The normalized spacial score (nSPS) is 30.3. The number of fused-ring (bicyclic) bond motifs is 4. The van der Waals surface area contributed by atoms with Crippen LogP contribution in [0.1, 0.15) is 101 Å². The minimum absolute atomic E-state index is 0.0540. The summed E-state index contributed by atoms with van der Waals surface area (Å²) in [7, 11) is -3.91. The van der Waals surface area contributed by atoms with Crippen molar-refractivity contribution in [3.63, 3.8) is 0 Å². The van der Waals surface area contributed by atoms with Gasteiger partial charge in [0.15, 0.2) is 5.78 Å². The van der Waals surface area contributed by atoms with E-state index in [-0.39, 0.29) is 57.3 Å². The van der Waals surface area contributed by atoms with Gasteiger partial charge in [-0.15, -0.1) is 0 Å². The Hall–Kier alpha value is -4.53. The topological polar surface area (TPSA) is 177 Å². The Bertz CT molecular complexity index is 1990. The first-order valence-electron chi connectivity index (χ1n) is 20.8. The minimum atomic E-state index is -3.91. The number of amides is 4. The van der Waals surface area contributed by atoms with Gasteiger partial charge in [-0.25, -0.2) is 13.2 Å². The average Bonchev–Trinajstić information content (AvgIpc) is 4.07. The quantitative estimate of drug-likeness (QED) is 0.261. The Morgan fingerprint density at radius 3 is 2.55 bits per heavy atom. The van der Waals surface area contributed by atoms with E-state index in [1.807, 2.05) is 38.1 Å². The number of esters is 1. The van der Waals surface area contributed by atoms with E-state index >= 15 is 0 Å². The number of cyclic esters (lactones) is 1. The molecule has 1 saturated heterocycles. The molecule has 6 aliphatic rings. The first-order valence-corrected chi connectivity index (χ1v) is 22.3. The third-order valence-corrected chi connectivity index (χ3v) is 14.6. The molecule has 0 aromatic heterocycles. The van der Waals surface area contributed by atoms with Crippen molar-refractivity contribution in [2.24, 2.45) is 22.7 Å². The van der Waals surface area contributed by atoms with Gasteiger partial charge in [-0.2, -0.15) is 0 Å². The molecule has 2 aliphatic carbocycles. The van der Waals surface area contributed by atoms with Gasteiger partial charge in [0.05, 0.1) is 42.2 Å². The van der Waals surface area contributed by atoms with E-state index in [4.69, 9.17) is 9.47 Å². The van der Waals surface area contributed by atoms with Crippen LogP contribution in [-0.4, -0.2) is 102 Å². The van der Waals surface area contributed by atoms with Crippen molar-refractivity contribution in [3.8, 4) is 0 Å². The lowest BCUT2D eigenvalue weighted by molar-refractivity contribution is -0.153. The monoisotopic (exact) mass is 820 g/mol. The van der Waals surface area contributed by atoms with Crippen molar-refractivity contribution in [2.75, 3.05) is 26.2 Å². The predicted molar refractivity (Wildman–Crippen MR) is 212 cm³/mol. The van der Waals surface area contributed by atoms with E-state index in [9.17, 15) is 37.2 Å². The molecule has 1 aromatic rings. The van der Waals surface area contributed by atoms with E-state index in [1.165, 1.54) is 15.4 Å². The van der Waals surface area contributed by atoms with Crippen molar-refractivity contribution >= 4 is 45.6 Å². The highest BCUT2D eigenvalue weighted by Gasteiger charge is 2.61. The summed E-state index contributed by atoms with van der Waals surface area (Å²) in [6.07, 6.45) is 8.19. The third-order valence-electron chi connectivity index (χ3n) is 12.8. The maximum absolute atomic E-state index is 14.8. The summed E-state index contributed by atoms with van der Waals surface area (Å²) in [5, 5.41) is -0.643. The van der Waals surface area contributed by atoms with E-state index in [1.54, 1.807) is 4.90 Å². The second kappa shape index (κ2) is 16.6. The fraction of sp³-hybridized carbons (Fsp3) is 0.628. The molecule has 4 heterocycles. The molecule has 15 heteroatoms. The Morgan fingerprint density at radius 2 is 1.79 bits per heavy atom. The van der Waals surface area contributed by atoms with Crippen LogP contribution >= 0.6 is 0 Å². The number of rotatable bonds is 4. The molecule has 0 spiro atoms. The number of benzene rings is 1. The molecule has 4 amide bonds. The number of carbonyl (C=O) groups is 6. The molecule has 5 atom stereocenters. The highest BCUT2D eigenvalue weighted by atomic mass is 32.2. The van der Waals surface area contributed by atoms with Gasteiger partial charge in [-0.3, -0.25) is 33.6 Å². The van der Waals surface area contributed by atoms with Gasteiger partial charge in [-0.1, -0.05) is 57.2 Å².